The predicted molar refractivity (Wildman–Crippen MR) is 62.3 cm³/mol. The molecule has 3 N–H and O–H groups in total. The molecule has 88 valence electrons. The van der Waals surface area contributed by atoms with Gasteiger partial charge in [-0.1, -0.05) is 30.3 Å². The Kier molecular flexibility index (Phi) is 3.20. The van der Waals surface area contributed by atoms with Gasteiger partial charge in [0.25, 0.3) is 0 Å². The molecule has 1 aromatic carbocycles. The van der Waals surface area contributed by atoms with E-state index >= 15 is 0 Å². The van der Waals surface area contributed by atoms with Crippen molar-refractivity contribution < 1.29 is 9.90 Å². The van der Waals surface area contributed by atoms with Gasteiger partial charge in [0.2, 0.25) is 0 Å². The molecule has 0 amide bonds. The first-order chi connectivity index (χ1) is 8.16. The summed E-state index contributed by atoms with van der Waals surface area (Å²) in [4.78, 5) is 14.7. The van der Waals surface area contributed by atoms with Crippen LogP contribution in [-0.2, 0) is 11.3 Å². The van der Waals surface area contributed by atoms with Crippen LogP contribution in [0.25, 0.3) is 0 Å². The highest BCUT2D eigenvalue weighted by Gasteiger charge is 2.16. The van der Waals surface area contributed by atoms with Crippen LogP contribution < -0.4 is 5.73 Å². The minimum atomic E-state index is -1.07. The van der Waals surface area contributed by atoms with E-state index in [1.54, 1.807) is 12.5 Å². The van der Waals surface area contributed by atoms with E-state index in [-0.39, 0.29) is 0 Å². The topological polar surface area (TPSA) is 81.1 Å². The number of carboxylic acid groups (broad SMARTS) is 1. The molecule has 2 aromatic rings. The number of carboxylic acids is 1. The van der Waals surface area contributed by atoms with E-state index in [1.165, 1.54) is 0 Å². The van der Waals surface area contributed by atoms with Gasteiger partial charge in [-0.25, -0.2) is 4.98 Å². The second kappa shape index (κ2) is 4.80. The van der Waals surface area contributed by atoms with Crippen LogP contribution in [0.5, 0.6) is 0 Å². The van der Waals surface area contributed by atoms with E-state index in [1.807, 2.05) is 34.9 Å². The van der Waals surface area contributed by atoms with Gasteiger partial charge in [-0.05, 0) is 5.56 Å². The molecule has 5 heteroatoms. The van der Waals surface area contributed by atoms with Gasteiger partial charge in [0.05, 0.1) is 12.0 Å². The summed E-state index contributed by atoms with van der Waals surface area (Å²) in [7, 11) is 0. The zero-order chi connectivity index (χ0) is 12.3. The maximum Gasteiger partial charge on any atom is 0.326 e. The number of aromatic nitrogens is 2. The molecular weight excluding hydrogens is 218 g/mol. The van der Waals surface area contributed by atoms with Crippen molar-refractivity contribution >= 4 is 5.97 Å². The largest absolute Gasteiger partial charge is 0.480 e. The standard InChI is InChI=1S/C12H13N3O2/c13-11(12(16)17)10-7-15(8-14-10)6-9-4-2-1-3-5-9/h1-5,7-8,11H,6,13H2,(H,16,17). The van der Waals surface area contributed by atoms with Crippen LogP contribution in [0.3, 0.4) is 0 Å². The summed E-state index contributed by atoms with van der Waals surface area (Å²) < 4.78 is 1.81. The number of nitrogens with two attached hydrogens (primary N) is 1. The van der Waals surface area contributed by atoms with E-state index in [9.17, 15) is 4.79 Å². The maximum absolute atomic E-state index is 10.7. The van der Waals surface area contributed by atoms with Crippen molar-refractivity contribution in [2.45, 2.75) is 12.6 Å². The molecular formula is C12H13N3O2. The Hall–Kier alpha value is -2.14. The highest BCUT2D eigenvalue weighted by molar-refractivity contribution is 5.74. The molecule has 0 aliphatic carbocycles. The Balaban J connectivity index is 2.11. The number of hydrogen-bond donors (Lipinski definition) is 2. The Morgan fingerprint density at radius 3 is 2.76 bits per heavy atom. The zero-order valence-corrected chi connectivity index (χ0v) is 9.15. The Bertz CT molecular complexity index is 507. The van der Waals surface area contributed by atoms with E-state index in [0.717, 1.165) is 5.56 Å². The van der Waals surface area contributed by atoms with Gasteiger partial charge in [-0.2, -0.15) is 0 Å². The van der Waals surface area contributed by atoms with Crippen LogP contribution >= 0.6 is 0 Å². The van der Waals surface area contributed by atoms with Gasteiger partial charge in [-0.3, -0.25) is 4.79 Å². The molecule has 2 rings (SSSR count). The van der Waals surface area contributed by atoms with Crippen molar-refractivity contribution in [3.63, 3.8) is 0 Å². The van der Waals surface area contributed by atoms with Crippen LogP contribution in [0.15, 0.2) is 42.9 Å². The number of benzene rings is 1. The summed E-state index contributed by atoms with van der Waals surface area (Å²) in [5.74, 6) is -1.07. The van der Waals surface area contributed by atoms with Crippen molar-refractivity contribution in [1.82, 2.24) is 9.55 Å². The molecule has 1 unspecified atom stereocenters. The van der Waals surface area contributed by atoms with Crippen LogP contribution in [-0.4, -0.2) is 20.6 Å². The third-order valence-electron chi connectivity index (χ3n) is 2.45. The molecule has 0 aliphatic heterocycles. The van der Waals surface area contributed by atoms with Gasteiger partial charge < -0.3 is 15.4 Å². The fourth-order valence-electron chi connectivity index (χ4n) is 1.55. The van der Waals surface area contributed by atoms with E-state index in [2.05, 4.69) is 4.98 Å². The van der Waals surface area contributed by atoms with Crippen molar-refractivity contribution in [2.24, 2.45) is 5.73 Å². The second-order valence-corrected chi connectivity index (χ2v) is 3.77. The zero-order valence-electron chi connectivity index (χ0n) is 9.15. The Morgan fingerprint density at radius 1 is 1.41 bits per heavy atom. The van der Waals surface area contributed by atoms with Gasteiger partial charge in [0, 0.05) is 12.7 Å². The number of imidazole rings is 1. The quantitative estimate of drug-likeness (QED) is 0.823. The number of hydrogen-bond acceptors (Lipinski definition) is 3. The van der Waals surface area contributed by atoms with E-state index in [4.69, 9.17) is 10.8 Å². The number of nitrogens with zero attached hydrogens (tertiary/aromatic N) is 2. The molecule has 17 heavy (non-hydrogen) atoms. The third kappa shape index (κ3) is 2.70. The lowest BCUT2D eigenvalue weighted by atomic mass is 10.2. The summed E-state index contributed by atoms with van der Waals surface area (Å²) in [5, 5.41) is 8.76. The fourth-order valence-corrected chi connectivity index (χ4v) is 1.55. The molecule has 0 saturated heterocycles. The number of rotatable bonds is 4. The molecule has 1 heterocycles. The van der Waals surface area contributed by atoms with E-state index < -0.39 is 12.0 Å². The van der Waals surface area contributed by atoms with E-state index in [0.29, 0.717) is 12.2 Å². The molecule has 0 bridgehead atoms. The summed E-state index contributed by atoms with van der Waals surface area (Å²) in [5.41, 5.74) is 6.96. The molecule has 1 aromatic heterocycles. The molecule has 0 spiro atoms. The number of carbonyl (C=O) groups is 1. The highest BCUT2D eigenvalue weighted by Crippen LogP contribution is 2.09. The van der Waals surface area contributed by atoms with Crippen molar-refractivity contribution in [3.8, 4) is 0 Å². The Labute approximate surface area is 98.5 Å². The summed E-state index contributed by atoms with van der Waals surface area (Å²) in [6, 6.07) is 8.79. The SMILES string of the molecule is NC(C(=O)O)c1cn(Cc2ccccc2)cn1. The lowest BCUT2D eigenvalue weighted by molar-refractivity contribution is -0.138. The molecule has 0 aliphatic rings. The lowest BCUT2D eigenvalue weighted by Gasteiger charge is -2.02. The van der Waals surface area contributed by atoms with Crippen molar-refractivity contribution in [2.75, 3.05) is 0 Å². The molecule has 0 radical (unpaired) electrons. The summed E-state index contributed by atoms with van der Waals surface area (Å²) in [6.07, 6.45) is 3.25. The van der Waals surface area contributed by atoms with Gasteiger partial charge in [0.1, 0.15) is 6.04 Å². The first-order valence-electron chi connectivity index (χ1n) is 5.21. The third-order valence-corrected chi connectivity index (χ3v) is 2.45. The highest BCUT2D eigenvalue weighted by atomic mass is 16.4. The molecule has 0 fully saturated rings. The molecule has 1 atom stereocenters. The molecule has 5 nitrogen and oxygen atoms in total. The molecule has 0 saturated carbocycles. The van der Waals surface area contributed by atoms with Gasteiger partial charge >= 0.3 is 5.97 Å². The predicted octanol–water partition coefficient (Wildman–Crippen LogP) is 1.02. The second-order valence-electron chi connectivity index (χ2n) is 3.77. The monoisotopic (exact) mass is 231 g/mol. The van der Waals surface area contributed by atoms with Crippen molar-refractivity contribution in [3.05, 3.63) is 54.1 Å². The first kappa shape index (κ1) is 11.3. The Morgan fingerprint density at radius 2 is 2.12 bits per heavy atom. The van der Waals surface area contributed by atoms with Crippen LogP contribution in [0.2, 0.25) is 0 Å². The van der Waals surface area contributed by atoms with Crippen LogP contribution in [0.4, 0.5) is 0 Å². The number of aliphatic carboxylic acids is 1. The van der Waals surface area contributed by atoms with Gasteiger partial charge in [-0.15, -0.1) is 0 Å². The average molecular weight is 231 g/mol. The summed E-state index contributed by atoms with van der Waals surface area (Å²) in [6.45, 7) is 0.653. The minimum absolute atomic E-state index is 0.369. The summed E-state index contributed by atoms with van der Waals surface area (Å²) >= 11 is 0. The lowest BCUT2D eigenvalue weighted by Crippen LogP contribution is -2.20. The van der Waals surface area contributed by atoms with Gasteiger partial charge in [0.15, 0.2) is 0 Å². The van der Waals surface area contributed by atoms with Crippen molar-refractivity contribution in [1.29, 1.82) is 0 Å². The minimum Gasteiger partial charge on any atom is -0.480 e. The van der Waals surface area contributed by atoms with Crippen LogP contribution in [0.1, 0.15) is 17.3 Å². The first-order valence-corrected chi connectivity index (χ1v) is 5.21. The maximum atomic E-state index is 10.7. The normalized spacial score (nSPS) is 12.3. The fraction of sp³-hybridized carbons (Fsp3) is 0.167. The van der Waals surface area contributed by atoms with Crippen LogP contribution in [0, 0.1) is 0 Å². The average Bonchev–Trinajstić information content (AvgIpc) is 2.77. The smallest absolute Gasteiger partial charge is 0.326 e.